The van der Waals surface area contributed by atoms with Crippen LogP contribution in [-0.2, 0) is 0 Å². The highest BCUT2D eigenvalue weighted by Crippen LogP contribution is 2.28. The Labute approximate surface area is 113 Å². The molecule has 0 bridgehead atoms. The molecule has 0 aromatic rings. The molecule has 1 aliphatic rings. The molecular formula is C15H32N2O. The first-order valence-electron chi connectivity index (χ1n) is 7.71. The van der Waals surface area contributed by atoms with Gasteiger partial charge in [0.15, 0.2) is 0 Å². The Morgan fingerprint density at radius 1 is 1.39 bits per heavy atom. The van der Waals surface area contributed by atoms with Crippen LogP contribution in [0, 0.1) is 5.41 Å². The quantitative estimate of drug-likeness (QED) is 0.664. The van der Waals surface area contributed by atoms with Crippen molar-refractivity contribution >= 4 is 0 Å². The summed E-state index contributed by atoms with van der Waals surface area (Å²) in [6.07, 6.45) is 6.00. The molecule has 0 amide bonds. The summed E-state index contributed by atoms with van der Waals surface area (Å²) < 4.78 is 0. The number of aliphatic hydroxyl groups excluding tert-OH is 1. The number of nitrogens with zero attached hydrogens (tertiary/aromatic N) is 1. The first-order chi connectivity index (χ1) is 8.65. The van der Waals surface area contributed by atoms with Gasteiger partial charge in [0.2, 0.25) is 0 Å². The number of aliphatic hydroxyl groups is 1. The molecule has 0 aromatic carbocycles. The average Bonchev–Trinajstić information content (AvgIpc) is 2.81. The monoisotopic (exact) mass is 256 g/mol. The summed E-state index contributed by atoms with van der Waals surface area (Å²) >= 11 is 0. The average molecular weight is 256 g/mol. The number of likely N-dealkylation sites (tertiary alicyclic amines) is 1. The van der Waals surface area contributed by atoms with Gasteiger partial charge >= 0.3 is 0 Å². The lowest BCUT2D eigenvalue weighted by molar-refractivity contribution is 0.135. The smallest absolute Gasteiger partial charge is 0.0431 e. The molecule has 18 heavy (non-hydrogen) atoms. The Morgan fingerprint density at radius 3 is 2.78 bits per heavy atom. The zero-order valence-electron chi connectivity index (χ0n) is 12.5. The molecule has 2 atom stereocenters. The fourth-order valence-corrected chi connectivity index (χ4v) is 2.97. The van der Waals surface area contributed by atoms with Crippen molar-refractivity contribution in [2.45, 2.75) is 58.9 Å². The maximum Gasteiger partial charge on any atom is 0.0431 e. The molecule has 3 heteroatoms. The molecule has 1 aliphatic heterocycles. The molecule has 1 saturated heterocycles. The third kappa shape index (κ3) is 4.87. The Kier molecular flexibility index (Phi) is 7.20. The number of hydrogen-bond donors (Lipinski definition) is 2. The molecule has 2 unspecified atom stereocenters. The summed E-state index contributed by atoms with van der Waals surface area (Å²) in [5, 5.41) is 12.5. The summed E-state index contributed by atoms with van der Waals surface area (Å²) in [4.78, 5) is 2.66. The van der Waals surface area contributed by atoms with Gasteiger partial charge < -0.3 is 10.4 Å². The lowest BCUT2D eigenvalue weighted by Crippen LogP contribution is -2.43. The fraction of sp³-hybridized carbons (Fsp3) is 1.00. The second kappa shape index (κ2) is 8.13. The van der Waals surface area contributed by atoms with E-state index in [9.17, 15) is 0 Å². The number of nitrogens with one attached hydrogen (secondary N) is 1. The summed E-state index contributed by atoms with van der Waals surface area (Å²) in [6, 6.07) is 0.713. The molecule has 3 nitrogen and oxygen atoms in total. The largest absolute Gasteiger partial charge is 0.396 e. The fourth-order valence-electron chi connectivity index (χ4n) is 2.97. The van der Waals surface area contributed by atoms with Crippen LogP contribution in [-0.4, -0.2) is 48.8 Å². The van der Waals surface area contributed by atoms with E-state index < -0.39 is 0 Å². The summed E-state index contributed by atoms with van der Waals surface area (Å²) in [5.74, 6) is 0. The van der Waals surface area contributed by atoms with Crippen LogP contribution in [0.1, 0.15) is 52.9 Å². The van der Waals surface area contributed by atoms with Gasteiger partial charge in [-0.2, -0.15) is 0 Å². The van der Waals surface area contributed by atoms with Crippen LogP contribution in [0.15, 0.2) is 0 Å². The van der Waals surface area contributed by atoms with Gasteiger partial charge in [0.25, 0.3) is 0 Å². The highest BCUT2D eigenvalue weighted by atomic mass is 16.2. The second-order valence-electron chi connectivity index (χ2n) is 6.08. The zero-order valence-corrected chi connectivity index (χ0v) is 12.5. The first kappa shape index (κ1) is 15.9. The van der Waals surface area contributed by atoms with Gasteiger partial charge in [-0.05, 0) is 50.6 Å². The van der Waals surface area contributed by atoms with Crippen molar-refractivity contribution in [2.24, 2.45) is 5.41 Å². The van der Waals surface area contributed by atoms with E-state index in [1.807, 2.05) is 0 Å². The molecule has 0 radical (unpaired) electrons. The zero-order chi connectivity index (χ0) is 13.4. The van der Waals surface area contributed by atoms with Crippen molar-refractivity contribution in [3.63, 3.8) is 0 Å². The molecule has 0 aliphatic carbocycles. The molecular weight excluding hydrogens is 224 g/mol. The van der Waals surface area contributed by atoms with Crippen molar-refractivity contribution in [3.05, 3.63) is 0 Å². The van der Waals surface area contributed by atoms with E-state index in [2.05, 4.69) is 31.0 Å². The van der Waals surface area contributed by atoms with Gasteiger partial charge in [-0.25, -0.2) is 0 Å². The summed E-state index contributed by atoms with van der Waals surface area (Å²) in [7, 11) is 0. The Balaban J connectivity index is 2.46. The van der Waals surface area contributed by atoms with Crippen molar-refractivity contribution in [3.8, 4) is 0 Å². The maximum atomic E-state index is 8.98. The highest BCUT2D eigenvalue weighted by Gasteiger charge is 2.31. The summed E-state index contributed by atoms with van der Waals surface area (Å²) in [6.45, 7) is 11.8. The maximum absolute atomic E-state index is 8.98. The Morgan fingerprint density at radius 2 is 2.17 bits per heavy atom. The number of hydrogen-bond acceptors (Lipinski definition) is 3. The van der Waals surface area contributed by atoms with Crippen LogP contribution in [0.5, 0.6) is 0 Å². The highest BCUT2D eigenvalue weighted by molar-refractivity contribution is 4.86. The third-order valence-electron chi connectivity index (χ3n) is 4.43. The van der Waals surface area contributed by atoms with Crippen LogP contribution in [0.4, 0.5) is 0 Å². The standard InChI is InChI=1S/C15H32N2O/c1-4-15(3,12-16-5-2)13-17-10-6-8-14(17)9-7-11-18/h14,16,18H,4-13H2,1-3H3. The van der Waals surface area contributed by atoms with Crippen molar-refractivity contribution in [1.29, 1.82) is 0 Å². The van der Waals surface area contributed by atoms with Crippen molar-refractivity contribution in [2.75, 3.05) is 32.8 Å². The van der Waals surface area contributed by atoms with Crippen LogP contribution in [0.3, 0.4) is 0 Å². The third-order valence-corrected chi connectivity index (χ3v) is 4.43. The molecule has 0 saturated carbocycles. The van der Waals surface area contributed by atoms with E-state index in [-0.39, 0.29) is 0 Å². The predicted octanol–water partition coefficient (Wildman–Crippen LogP) is 2.25. The van der Waals surface area contributed by atoms with E-state index in [4.69, 9.17) is 5.11 Å². The van der Waals surface area contributed by atoms with Crippen molar-refractivity contribution in [1.82, 2.24) is 10.2 Å². The lowest BCUT2D eigenvalue weighted by Gasteiger charge is -2.36. The minimum atomic E-state index is 0.340. The molecule has 1 heterocycles. The van der Waals surface area contributed by atoms with Gasteiger partial charge in [-0.1, -0.05) is 20.8 Å². The minimum Gasteiger partial charge on any atom is -0.396 e. The van der Waals surface area contributed by atoms with Crippen LogP contribution in [0.25, 0.3) is 0 Å². The van der Waals surface area contributed by atoms with Crippen LogP contribution >= 0.6 is 0 Å². The van der Waals surface area contributed by atoms with Crippen molar-refractivity contribution < 1.29 is 5.11 Å². The van der Waals surface area contributed by atoms with E-state index >= 15 is 0 Å². The van der Waals surface area contributed by atoms with E-state index in [0.29, 0.717) is 18.1 Å². The topological polar surface area (TPSA) is 35.5 Å². The molecule has 0 spiro atoms. The Bertz CT molecular complexity index is 223. The van der Waals surface area contributed by atoms with Gasteiger partial charge in [-0.3, -0.25) is 4.90 Å². The van der Waals surface area contributed by atoms with E-state index in [0.717, 1.165) is 25.9 Å². The minimum absolute atomic E-state index is 0.340. The van der Waals surface area contributed by atoms with Gasteiger partial charge in [0.05, 0.1) is 0 Å². The van der Waals surface area contributed by atoms with Gasteiger partial charge in [0, 0.05) is 25.7 Å². The molecule has 1 rings (SSSR count). The normalized spacial score (nSPS) is 24.3. The molecule has 108 valence electrons. The molecule has 0 aromatic heterocycles. The van der Waals surface area contributed by atoms with Gasteiger partial charge in [-0.15, -0.1) is 0 Å². The second-order valence-corrected chi connectivity index (χ2v) is 6.08. The van der Waals surface area contributed by atoms with E-state index in [1.54, 1.807) is 0 Å². The van der Waals surface area contributed by atoms with Crippen LogP contribution in [0.2, 0.25) is 0 Å². The summed E-state index contributed by atoms with van der Waals surface area (Å²) in [5.41, 5.74) is 0.387. The Hall–Kier alpha value is -0.120. The van der Waals surface area contributed by atoms with E-state index in [1.165, 1.54) is 32.4 Å². The predicted molar refractivity (Wildman–Crippen MR) is 77.9 cm³/mol. The SMILES string of the molecule is CCNCC(C)(CC)CN1CCCC1CCCO. The molecule has 1 fully saturated rings. The van der Waals surface area contributed by atoms with Crippen LogP contribution < -0.4 is 5.32 Å². The first-order valence-corrected chi connectivity index (χ1v) is 7.71. The number of rotatable bonds is 9. The lowest BCUT2D eigenvalue weighted by atomic mass is 9.86. The molecule has 2 N–H and O–H groups in total. The van der Waals surface area contributed by atoms with Gasteiger partial charge in [0.1, 0.15) is 0 Å².